The summed E-state index contributed by atoms with van der Waals surface area (Å²) in [7, 11) is 0. The van der Waals surface area contributed by atoms with E-state index >= 15 is 0 Å². The molecule has 5 rings (SSSR count). The maximum Gasteiger partial charge on any atom is 0.256 e. The highest BCUT2D eigenvalue weighted by atomic mass is 35.5. The lowest BCUT2D eigenvalue weighted by atomic mass is 9.98. The Balaban J connectivity index is 1.47. The number of amides is 1. The SMILES string of the molecule is CCC(C)c1ccc2oc(-c3ccc(Cl)c(NC(=O)c4cccc5ccccc45)c3)nc2c1. The molecule has 1 amide bonds. The van der Waals surface area contributed by atoms with Gasteiger partial charge in [0.05, 0.1) is 10.7 Å². The smallest absolute Gasteiger partial charge is 0.256 e. The van der Waals surface area contributed by atoms with Crippen LogP contribution < -0.4 is 5.32 Å². The minimum atomic E-state index is -0.221. The van der Waals surface area contributed by atoms with Crippen LogP contribution in [0.1, 0.15) is 42.1 Å². The third kappa shape index (κ3) is 4.10. The van der Waals surface area contributed by atoms with Gasteiger partial charge in [-0.05, 0) is 65.1 Å². The number of carbonyl (C=O) groups is 1. The largest absolute Gasteiger partial charge is 0.436 e. The molecule has 1 N–H and O–H groups in total. The van der Waals surface area contributed by atoms with E-state index in [1.807, 2.05) is 54.6 Å². The average molecular weight is 455 g/mol. The number of anilines is 1. The van der Waals surface area contributed by atoms with E-state index in [1.54, 1.807) is 12.1 Å². The molecule has 1 heterocycles. The van der Waals surface area contributed by atoms with E-state index in [2.05, 4.69) is 36.3 Å². The molecular weight excluding hydrogens is 432 g/mol. The fourth-order valence-corrected chi connectivity index (χ4v) is 4.14. The molecule has 0 saturated heterocycles. The van der Waals surface area contributed by atoms with E-state index in [0.717, 1.165) is 33.9 Å². The van der Waals surface area contributed by atoms with Crippen LogP contribution in [0.15, 0.2) is 83.3 Å². The molecule has 0 fully saturated rings. The number of rotatable bonds is 5. The highest BCUT2D eigenvalue weighted by Crippen LogP contribution is 2.32. The second-order valence-corrected chi connectivity index (χ2v) is 8.64. The first-order chi connectivity index (χ1) is 16.0. The van der Waals surface area contributed by atoms with Gasteiger partial charge in [-0.1, -0.05) is 67.9 Å². The molecule has 1 unspecified atom stereocenters. The van der Waals surface area contributed by atoms with Gasteiger partial charge in [0.1, 0.15) is 5.52 Å². The van der Waals surface area contributed by atoms with E-state index in [9.17, 15) is 4.79 Å². The molecule has 5 aromatic rings. The minimum absolute atomic E-state index is 0.221. The van der Waals surface area contributed by atoms with E-state index in [4.69, 9.17) is 16.0 Å². The van der Waals surface area contributed by atoms with Gasteiger partial charge in [0.15, 0.2) is 5.58 Å². The van der Waals surface area contributed by atoms with Crippen molar-refractivity contribution in [3.8, 4) is 11.5 Å². The number of aromatic nitrogens is 1. The molecule has 1 aromatic heterocycles. The number of hydrogen-bond donors (Lipinski definition) is 1. The van der Waals surface area contributed by atoms with Gasteiger partial charge in [0.25, 0.3) is 5.91 Å². The Morgan fingerprint density at radius 3 is 2.70 bits per heavy atom. The van der Waals surface area contributed by atoms with E-state index in [0.29, 0.717) is 28.1 Å². The molecule has 0 saturated carbocycles. The second-order valence-electron chi connectivity index (χ2n) is 8.23. The zero-order chi connectivity index (χ0) is 22.9. The van der Waals surface area contributed by atoms with Crippen LogP contribution >= 0.6 is 11.6 Å². The van der Waals surface area contributed by atoms with Gasteiger partial charge in [0, 0.05) is 11.1 Å². The lowest BCUT2D eigenvalue weighted by molar-refractivity contribution is 0.102. The molecule has 4 aromatic carbocycles. The second kappa shape index (κ2) is 8.72. The number of nitrogens with zero attached hydrogens (tertiary/aromatic N) is 1. The highest BCUT2D eigenvalue weighted by Gasteiger charge is 2.15. The first-order valence-corrected chi connectivity index (χ1v) is 11.4. The van der Waals surface area contributed by atoms with Gasteiger partial charge >= 0.3 is 0 Å². The van der Waals surface area contributed by atoms with Crippen molar-refractivity contribution in [2.75, 3.05) is 5.32 Å². The monoisotopic (exact) mass is 454 g/mol. The van der Waals surface area contributed by atoms with Crippen molar-refractivity contribution in [1.82, 2.24) is 4.98 Å². The van der Waals surface area contributed by atoms with Gasteiger partial charge < -0.3 is 9.73 Å². The topological polar surface area (TPSA) is 55.1 Å². The van der Waals surface area contributed by atoms with E-state index in [-0.39, 0.29) is 5.91 Å². The van der Waals surface area contributed by atoms with Crippen molar-refractivity contribution in [3.63, 3.8) is 0 Å². The molecule has 33 heavy (non-hydrogen) atoms. The molecule has 0 spiro atoms. The number of nitrogens with one attached hydrogen (secondary N) is 1. The van der Waals surface area contributed by atoms with Gasteiger partial charge in [0.2, 0.25) is 5.89 Å². The molecule has 164 valence electrons. The Morgan fingerprint density at radius 2 is 1.85 bits per heavy atom. The molecule has 0 radical (unpaired) electrons. The predicted octanol–water partition coefficient (Wildman–Crippen LogP) is 8.07. The summed E-state index contributed by atoms with van der Waals surface area (Å²) in [6.07, 6.45) is 1.06. The fraction of sp³-hybridized carbons (Fsp3) is 0.143. The lowest BCUT2D eigenvalue weighted by Gasteiger charge is -2.10. The first kappa shape index (κ1) is 21.2. The van der Waals surface area contributed by atoms with Gasteiger partial charge in [-0.25, -0.2) is 4.98 Å². The van der Waals surface area contributed by atoms with Gasteiger partial charge in [-0.15, -0.1) is 0 Å². The van der Waals surface area contributed by atoms with Crippen molar-refractivity contribution in [1.29, 1.82) is 0 Å². The molecular formula is C28H23ClN2O2. The normalized spacial score (nSPS) is 12.2. The summed E-state index contributed by atoms with van der Waals surface area (Å²) >= 11 is 6.42. The van der Waals surface area contributed by atoms with Gasteiger partial charge in [-0.2, -0.15) is 0 Å². The predicted molar refractivity (Wildman–Crippen MR) is 135 cm³/mol. The third-order valence-electron chi connectivity index (χ3n) is 6.09. The third-order valence-corrected chi connectivity index (χ3v) is 6.42. The Morgan fingerprint density at radius 1 is 1.03 bits per heavy atom. The Kier molecular flexibility index (Phi) is 5.61. The van der Waals surface area contributed by atoms with Crippen molar-refractivity contribution in [2.24, 2.45) is 0 Å². The standard InChI is InChI=1S/C28H23ClN2O2/c1-3-17(2)19-12-14-26-25(15-19)31-28(33-26)20-11-13-23(29)24(16-20)30-27(32)22-10-6-8-18-7-4-5-9-21(18)22/h4-17H,3H2,1-2H3,(H,30,32). The molecule has 0 aliphatic rings. The van der Waals surface area contributed by atoms with Crippen LogP contribution in [-0.2, 0) is 0 Å². The minimum Gasteiger partial charge on any atom is -0.436 e. The number of carbonyl (C=O) groups excluding carboxylic acids is 1. The van der Waals surface area contributed by atoms with Crippen LogP contribution in [0.4, 0.5) is 5.69 Å². The van der Waals surface area contributed by atoms with Crippen LogP contribution in [-0.4, -0.2) is 10.9 Å². The van der Waals surface area contributed by atoms with Gasteiger partial charge in [-0.3, -0.25) is 4.79 Å². The van der Waals surface area contributed by atoms with Crippen LogP contribution in [0.25, 0.3) is 33.3 Å². The number of benzene rings is 4. The maximum atomic E-state index is 13.1. The lowest BCUT2D eigenvalue weighted by Crippen LogP contribution is -2.12. The number of hydrogen-bond acceptors (Lipinski definition) is 3. The average Bonchev–Trinajstić information content (AvgIpc) is 3.28. The van der Waals surface area contributed by atoms with Crippen molar-refractivity contribution >= 4 is 45.1 Å². The summed E-state index contributed by atoms with van der Waals surface area (Å²) in [6, 6.07) is 25.0. The number of oxazole rings is 1. The molecule has 0 bridgehead atoms. The Bertz CT molecular complexity index is 1480. The van der Waals surface area contributed by atoms with Crippen molar-refractivity contribution in [3.05, 3.63) is 95.0 Å². The van der Waals surface area contributed by atoms with Crippen LogP contribution in [0.3, 0.4) is 0 Å². The Hall–Kier alpha value is -3.63. The molecule has 4 nitrogen and oxygen atoms in total. The summed E-state index contributed by atoms with van der Waals surface area (Å²) < 4.78 is 6.00. The summed E-state index contributed by atoms with van der Waals surface area (Å²) in [5, 5.41) is 5.30. The van der Waals surface area contributed by atoms with Crippen LogP contribution in [0, 0.1) is 0 Å². The first-order valence-electron chi connectivity index (χ1n) is 11.0. The molecule has 1 atom stereocenters. The summed E-state index contributed by atoms with van der Waals surface area (Å²) in [4.78, 5) is 17.8. The Labute approximate surface area is 197 Å². The highest BCUT2D eigenvalue weighted by molar-refractivity contribution is 6.34. The summed E-state index contributed by atoms with van der Waals surface area (Å²) in [5.74, 6) is 0.728. The zero-order valence-corrected chi connectivity index (χ0v) is 19.2. The van der Waals surface area contributed by atoms with Crippen LogP contribution in [0.5, 0.6) is 0 Å². The number of fused-ring (bicyclic) bond motifs is 2. The molecule has 5 heteroatoms. The zero-order valence-electron chi connectivity index (χ0n) is 18.4. The summed E-state index contributed by atoms with van der Waals surface area (Å²) in [6.45, 7) is 4.37. The van der Waals surface area contributed by atoms with Crippen molar-refractivity contribution in [2.45, 2.75) is 26.2 Å². The van der Waals surface area contributed by atoms with E-state index in [1.165, 1.54) is 5.56 Å². The number of halogens is 1. The molecule has 0 aliphatic heterocycles. The molecule has 0 aliphatic carbocycles. The quantitative estimate of drug-likeness (QED) is 0.292. The maximum absolute atomic E-state index is 13.1. The van der Waals surface area contributed by atoms with E-state index < -0.39 is 0 Å². The van der Waals surface area contributed by atoms with Crippen molar-refractivity contribution < 1.29 is 9.21 Å². The van der Waals surface area contributed by atoms with Crippen LogP contribution in [0.2, 0.25) is 5.02 Å². The fourth-order valence-electron chi connectivity index (χ4n) is 3.98. The summed E-state index contributed by atoms with van der Waals surface area (Å²) in [5.41, 5.74) is 4.63.